The number of nitrogens with one attached hydrogen (secondary N) is 2. The highest BCUT2D eigenvalue weighted by Gasteiger charge is 1.99. The highest BCUT2D eigenvalue weighted by Crippen LogP contribution is 2.12. The molecule has 0 amide bonds. The molecule has 2 rings (SSSR count). The number of rotatable bonds is 4. The van der Waals surface area contributed by atoms with Crippen molar-refractivity contribution in [3.63, 3.8) is 0 Å². The van der Waals surface area contributed by atoms with E-state index in [0.717, 1.165) is 28.9 Å². The molecule has 0 fully saturated rings. The minimum Gasteiger partial charge on any atom is -0.373 e. The number of aryl methyl sites for hydroxylation is 1. The average molecular weight is 234 g/mol. The standard InChI is InChI=1S/C11H14N4S/c1-8-7-16-11(14-8)6-13-10-5-3-4-9(12-2)15-10/h3-5,7H,6H2,1-2H3,(H2,12,13,15). The Labute approximate surface area is 98.8 Å². The van der Waals surface area contributed by atoms with Crippen molar-refractivity contribution in [3.8, 4) is 0 Å². The van der Waals surface area contributed by atoms with Gasteiger partial charge in [-0.1, -0.05) is 6.07 Å². The third kappa shape index (κ3) is 2.70. The van der Waals surface area contributed by atoms with Crippen molar-refractivity contribution in [1.82, 2.24) is 9.97 Å². The molecule has 0 unspecified atom stereocenters. The summed E-state index contributed by atoms with van der Waals surface area (Å²) in [6.45, 7) is 2.72. The van der Waals surface area contributed by atoms with Gasteiger partial charge in [-0.15, -0.1) is 11.3 Å². The van der Waals surface area contributed by atoms with Crippen molar-refractivity contribution < 1.29 is 0 Å². The first-order valence-corrected chi connectivity index (χ1v) is 5.95. The van der Waals surface area contributed by atoms with Crippen LogP contribution >= 0.6 is 11.3 Å². The van der Waals surface area contributed by atoms with Gasteiger partial charge in [0.15, 0.2) is 0 Å². The second kappa shape index (κ2) is 4.94. The number of thiazole rings is 1. The summed E-state index contributed by atoms with van der Waals surface area (Å²) in [5, 5.41) is 9.38. The molecule has 5 heteroatoms. The Kier molecular flexibility index (Phi) is 3.36. The van der Waals surface area contributed by atoms with Crippen LogP contribution in [0.3, 0.4) is 0 Å². The first kappa shape index (κ1) is 10.9. The molecule has 0 saturated carbocycles. The van der Waals surface area contributed by atoms with Crippen molar-refractivity contribution in [1.29, 1.82) is 0 Å². The van der Waals surface area contributed by atoms with Gasteiger partial charge >= 0.3 is 0 Å². The van der Waals surface area contributed by atoms with Gasteiger partial charge in [0, 0.05) is 18.1 Å². The topological polar surface area (TPSA) is 49.8 Å². The summed E-state index contributed by atoms with van der Waals surface area (Å²) < 4.78 is 0. The molecule has 0 atom stereocenters. The van der Waals surface area contributed by atoms with E-state index in [1.54, 1.807) is 11.3 Å². The predicted octanol–water partition coefficient (Wildman–Crippen LogP) is 2.50. The van der Waals surface area contributed by atoms with E-state index in [9.17, 15) is 0 Å². The van der Waals surface area contributed by atoms with E-state index in [0.29, 0.717) is 0 Å². The minimum absolute atomic E-state index is 0.721. The second-order valence-electron chi connectivity index (χ2n) is 3.39. The first-order valence-electron chi connectivity index (χ1n) is 5.07. The van der Waals surface area contributed by atoms with Gasteiger partial charge in [0.05, 0.1) is 6.54 Å². The summed E-state index contributed by atoms with van der Waals surface area (Å²) in [5.41, 5.74) is 1.07. The van der Waals surface area contributed by atoms with Gasteiger partial charge in [-0.25, -0.2) is 9.97 Å². The number of hydrogen-bond donors (Lipinski definition) is 2. The molecular weight excluding hydrogens is 220 g/mol. The summed E-state index contributed by atoms with van der Waals surface area (Å²) in [6.07, 6.45) is 0. The number of hydrogen-bond acceptors (Lipinski definition) is 5. The van der Waals surface area contributed by atoms with Gasteiger partial charge in [-0.2, -0.15) is 0 Å². The second-order valence-corrected chi connectivity index (χ2v) is 4.34. The number of pyridine rings is 1. The van der Waals surface area contributed by atoms with Crippen LogP contribution in [0.1, 0.15) is 10.7 Å². The van der Waals surface area contributed by atoms with E-state index in [1.165, 1.54) is 0 Å². The fourth-order valence-corrected chi connectivity index (χ4v) is 2.03. The summed E-state index contributed by atoms with van der Waals surface area (Å²) in [7, 11) is 1.86. The van der Waals surface area contributed by atoms with E-state index >= 15 is 0 Å². The molecule has 2 N–H and O–H groups in total. The Bertz CT molecular complexity index is 467. The van der Waals surface area contributed by atoms with Gasteiger partial charge in [0.25, 0.3) is 0 Å². The van der Waals surface area contributed by atoms with Crippen LogP contribution in [-0.2, 0) is 6.54 Å². The van der Waals surface area contributed by atoms with Crippen molar-refractivity contribution >= 4 is 23.0 Å². The molecule has 84 valence electrons. The lowest BCUT2D eigenvalue weighted by Crippen LogP contribution is -2.02. The Morgan fingerprint density at radius 3 is 2.75 bits per heavy atom. The lowest BCUT2D eigenvalue weighted by atomic mass is 10.4. The lowest BCUT2D eigenvalue weighted by Gasteiger charge is -2.05. The number of nitrogens with zero attached hydrogens (tertiary/aromatic N) is 2. The van der Waals surface area contributed by atoms with E-state index in [2.05, 4.69) is 26.0 Å². The van der Waals surface area contributed by atoms with Crippen LogP contribution < -0.4 is 10.6 Å². The number of aromatic nitrogens is 2. The third-order valence-electron chi connectivity index (χ3n) is 2.09. The molecule has 0 aliphatic rings. The van der Waals surface area contributed by atoms with Crippen molar-refractivity contribution in [2.24, 2.45) is 0 Å². The van der Waals surface area contributed by atoms with Crippen molar-refractivity contribution in [2.75, 3.05) is 17.7 Å². The Hall–Kier alpha value is -1.62. The molecule has 0 bridgehead atoms. The highest BCUT2D eigenvalue weighted by atomic mass is 32.1. The molecule has 0 saturated heterocycles. The third-order valence-corrected chi connectivity index (χ3v) is 3.06. The molecule has 0 aromatic carbocycles. The SMILES string of the molecule is CNc1cccc(NCc2nc(C)cs2)n1. The average Bonchev–Trinajstić information content (AvgIpc) is 2.73. The van der Waals surface area contributed by atoms with Gasteiger partial charge < -0.3 is 10.6 Å². The monoisotopic (exact) mass is 234 g/mol. The molecular formula is C11H14N4S. The minimum atomic E-state index is 0.721. The van der Waals surface area contributed by atoms with E-state index in [1.807, 2.05) is 32.2 Å². The van der Waals surface area contributed by atoms with Crippen LogP contribution in [0.2, 0.25) is 0 Å². The van der Waals surface area contributed by atoms with Crippen LogP contribution in [-0.4, -0.2) is 17.0 Å². The predicted molar refractivity (Wildman–Crippen MR) is 68.0 cm³/mol. The fourth-order valence-electron chi connectivity index (χ4n) is 1.32. The zero-order valence-electron chi connectivity index (χ0n) is 9.32. The van der Waals surface area contributed by atoms with Crippen LogP contribution in [0.5, 0.6) is 0 Å². The molecule has 4 nitrogen and oxygen atoms in total. The van der Waals surface area contributed by atoms with Gasteiger partial charge in [-0.3, -0.25) is 0 Å². The molecule has 2 aromatic rings. The van der Waals surface area contributed by atoms with E-state index < -0.39 is 0 Å². The Balaban J connectivity index is 1.99. The van der Waals surface area contributed by atoms with Gasteiger partial charge in [0.2, 0.25) is 0 Å². The maximum atomic E-state index is 4.38. The number of anilines is 2. The Morgan fingerprint density at radius 2 is 2.06 bits per heavy atom. The van der Waals surface area contributed by atoms with Gasteiger partial charge in [0.1, 0.15) is 16.6 Å². The molecule has 0 spiro atoms. The maximum absolute atomic E-state index is 4.38. The lowest BCUT2D eigenvalue weighted by molar-refractivity contribution is 1.06. The summed E-state index contributed by atoms with van der Waals surface area (Å²) in [6, 6.07) is 5.84. The molecule has 16 heavy (non-hydrogen) atoms. The van der Waals surface area contributed by atoms with Crippen LogP contribution in [0.4, 0.5) is 11.6 Å². The normalized spacial score (nSPS) is 10.1. The van der Waals surface area contributed by atoms with Crippen LogP contribution in [0, 0.1) is 6.92 Å². The fraction of sp³-hybridized carbons (Fsp3) is 0.273. The van der Waals surface area contributed by atoms with Crippen molar-refractivity contribution in [2.45, 2.75) is 13.5 Å². The quantitative estimate of drug-likeness (QED) is 0.853. The highest BCUT2D eigenvalue weighted by molar-refractivity contribution is 7.09. The molecule has 2 aromatic heterocycles. The molecule has 0 aliphatic carbocycles. The Morgan fingerprint density at radius 1 is 1.25 bits per heavy atom. The molecule has 0 aliphatic heterocycles. The van der Waals surface area contributed by atoms with Gasteiger partial charge in [-0.05, 0) is 19.1 Å². The first-order chi connectivity index (χ1) is 7.78. The molecule has 2 heterocycles. The summed E-state index contributed by atoms with van der Waals surface area (Å²) >= 11 is 1.66. The zero-order chi connectivity index (χ0) is 11.4. The summed E-state index contributed by atoms with van der Waals surface area (Å²) in [5.74, 6) is 1.72. The van der Waals surface area contributed by atoms with E-state index in [-0.39, 0.29) is 0 Å². The largest absolute Gasteiger partial charge is 0.373 e. The molecule has 0 radical (unpaired) electrons. The zero-order valence-corrected chi connectivity index (χ0v) is 10.1. The van der Waals surface area contributed by atoms with E-state index in [4.69, 9.17) is 0 Å². The smallest absolute Gasteiger partial charge is 0.128 e. The van der Waals surface area contributed by atoms with Crippen LogP contribution in [0.15, 0.2) is 23.6 Å². The summed E-state index contributed by atoms with van der Waals surface area (Å²) in [4.78, 5) is 8.75. The van der Waals surface area contributed by atoms with Crippen LogP contribution in [0.25, 0.3) is 0 Å². The maximum Gasteiger partial charge on any atom is 0.128 e. The van der Waals surface area contributed by atoms with Crippen molar-refractivity contribution in [3.05, 3.63) is 34.3 Å².